The third-order valence-corrected chi connectivity index (χ3v) is 8.51. The van der Waals surface area contributed by atoms with Crippen molar-refractivity contribution < 1.29 is 0 Å². The quantitative estimate of drug-likeness (QED) is 0.583. The highest BCUT2D eigenvalue weighted by atomic mass is 32.2. The van der Waals surface area contributed by atoms with Gasteiger partial charge in [-0.3, -0.25) is 0 Å². The number of allylic oxidation sites excluding steroid dienone is 2. The molecule has 0 saturated carbocycles. The van der Waals surface area contributed by atoms with Gasteiger partial charge in [0.1, 0.15) is 0 Å². The summed E-state index contributed by atoms with van der Waals surface area (Å²) in [4.78, 5) is 3.02. The molecule has 0 amide bonds. The molecule has 15 heavy (non-hydrogen) atoms. The van der Waals surface area contributed by atoms with Gasteiger partial charge in [0.05, 0.1) is 8.16 Å². The second-order valence-corrected chi connectivity index (χ2v) is 10.2. The van der Waals surface area contributed by atoms with Gasteiger partial charge in [0.15, 0.2) is 0 Å². The molecule has 0 aromatic carbocycles. The molecule has 2 rings (SSSR count). The van der Waals surface area contributed by atoms with Gasteiger partial charge in [0.25, 0.3) is 0 Å². The van der Waals surface area contributed by atoms with Gasteiger partial charge in [0.2, 0.25) is 0 Å². The summed E-state index contributed by atoms with van der Waals surface area (Å²) in [6.07, 6.45) is 0. The van der Waals surface area contributed by atoms with Crippen molar-refractivity contribution in [2.24, 2.45) is 0 Å². The van der Waals surface area contributed by atoms with Gasteiger partial charge in [-0.25, -0.2) is 0 Å². The average Bonchev–Trinajstić information content (AvgIpc) is 2.11. The van der Waals surface area contributed by atoms with Gasteiger partial charge in [-0.15, -0.1) is 35.3 Å². The molecule has 2 unspecified atom stereocenters. The van der Waals surface area contributed by atoms with Gasteiger partial charge in [-0.2, -0.15) is 0 Å². The average molecular weight is 258 g/mol. The highest BCUT2D eigenvalue weighted by molar-refractivity contribution is 8.29. The SMILES string of the molecule is CC1=C(C)C2(C)SC(C)=C(C)C(C)(S1)S2. The standard InChI is InChI=1S/C12H18S3/c1-7-9(3)13-12(6)8(2)10(4)14-11(7,5)15-12/h1-6H3. The topological polar surface area (TPSA) is 0 Å². The van der Waals surface area contributed by atoms with Crippen LogP contribution in [0.5, 0.6) is 0 Å². The molecule has 2 heterocycles. The van der Waals surface area contributed by atoms with Gasteiger partial charge < -0.3 is 0 Å². The van der Waals surface area contributed by atoms with Crippen molar-refractivity contribution in [2.75, 3.05) is 0 Å². The van der Waals surface area contributed by atoms with Crippen LogP contribution in [0, 0.1) is 0 Å². The van der Waals surface area contributed by atoms with E-state index >= 15 is 0 Å². The minimum atomic E-state index is 0.258. The molecule has 2 atom stereocenters. The molecule has 0 aromatic rings. The monoisotopic (exact) mass is 258 g/mol. The molecule has 0 spiro atoms. The van der Waals surface area contributed by atoms with E-state index in [2.05, 4.69) is 53.3 Å². The Labute approximate surface area is 106 Å². The van der Waals surface area contributed by atoms with Crippen molar-refractivity contribution in [3.63, 3.8) is 0 Å². The van der Waals surface area contributed by atoms with E-state index in [0.29, 0.717) is 0 Å². The summed E-state index contributed by atoms with van der Waals surface area (Å²) >= 11 is 6.18. The van der Waals surface area contributed by atoms with Crippen LogP contribution in [0.3, 0.4) is 0 Å². The summed E-state index contributed by atoms with van der Waals surface area (Å²) < 4.78 is 0.515. The summed E-state index contributed by atoms with van der Waals surface area (Å²) in [5, 5.41) is 0. The minimum absolute atomic E-state index is 0.258. The first-order valence-corrected chi connectivity index (χ1v) is 7.67. The van der Waals surface area contributed by atoms with Crippen LogP contribution in [0.1, 0.15) is 41.5 Å². The molecule has 0 aromatic heterocycles. The summed E-state index contributed by atoms with van der Waals surface area (Å²) in [6.45, 7) is 13.9. The first kappa shape index (κ1) is 12.0. The fraction of sp³-hybridized carbons (Fsp3) is 0.667. The Bertz CT molecular complexity index is 344. The zero-order valence-corrected chi connectivity index (χ0v) is 12.7. The smallest absolute Gasteiger partial charge is 0.0860 e. The van der Waals surface area contributed by atoms with Crippen LogP contribution in [-0.4, -0.2) is 8.16 Å². The zero-order valence-electron chi connectivity index (χ0n) is 10.2. The van der Waals surface area contributed by atoms with Crippen LogP contribution in [0.4, 0.5) is 0 Å². The molecule has 84 valence electrons. The summed E-state index contributed by atoms with van der Waals surface area (Å²) in [6, 6.07) is 0. The summed E-state index contributed by atoms with van der Waals surface area (Å²) in [5.41, 5.74) is 3.10. The molecule has 0 saturated heterocycles. The van der Waals surface area contributed by atoms with Crippen molar-refractivity contribution in [1.82, 2.24) is 0 Å². The Morgan fingerprint density at radius 3 is 1.40 bits per heavy atom. The van der Waals surface area contributed by atoms with E-state index in [1.165, 1.54) is 9.81 Å². The molecule has 2 aliphatic rings. The molecule has 0 radical (unpaired) electrons. The van der Waals surface area contributed by atoms with E-state index in [0.717, 1.165) is 0 Å². The second kappa shape index (κ2) is 3.51. The van der Waals surface area contributed by atoms with E-state index in [1.807, 2.05) is 23.5 Å². The van der Waals surface area contributed by atoms with Gasteiger partial charge >= 0.3 is 0 Å². The Morgan fingerprint density at radius 1 is 0.733 bits per heavy atom. The lowest BCUT2D eigenvalue weighted by molar-refractivity contribution is 0.945. The van der Waals surface area contributed by atoms with Crippen LogP contribution in [0.2, 0.25) is 0 Å². The lowest BCUT2D eigenvalue weighted by Crippen LogP contribution is -2.36. The Morgan fingerprint density at radius 2 is 1.07 bits per heavy atom. The van der Waals surface area contributed by atoms with Crippen LogP contribution < -0.4 is 0 Å². The van der Waals surface area contributed by atoms with Crippen molar-refractivity contribution >= 4 is 35.3 Å². The van der Waals surface area contributed by atoms with E-state index < -0.39 is 0 Å². The minimum Gasteiger partial charge on any atom is -0.117 e. The summed E-state index contributed by atoms with van der Waals surface area (Å²) in [7, 11) is 0. The van der Waals surface area contributed by atoms with Crippen molar-refractivity contribution in [3.8, 4) is 0 Å². The van der Waals surface area contributed by atoms with E-state index in [9.17, 15) is 0 Å². The third kappa shape index (κ3) is 1.71. The molecule has 2 aliphatic heterocycles. The molecule has 0 N–H and O–H groups in total. The number of rotatable bonds is 0. The van der Waals surface area contributed by atoms with E-state index in [-0.39, 0.29) is 8.16 Å². The first-order chi connectivity index (χ1) is 6.78. The predicted molar refractivity (Wildman–Crippen MR) is 76.3 cm³/mol. The molecular weight excluding hydrogens is 240 g/mol. The fourth-order valence-electron chi connectivity index (χ4n) is 2.10. The molecule has 3 heteroatoms. The highest BCUT2D eigenvalue weighted by Crippen LogP contribution is 2.67. The van der Waals surface area contributed by atoms with Gasteiger partial charge in [-0.1, -0.05) is 0 Å². The lowest BCUT2D eigenvalue weighted by atomic mass is 10.2. The molecule has 2 bridgehead atoms. The molecule has 0 nitrogen and oxygen atoms in total. The Balaban J connectivity index is 2.57. The molecule has 0 fully saturated rings. The van der Waals surface area contributed by atoms with Crippen molar-refractivity contribution in [1.29, 1.82) is 0 Å². The lowest BCUT2D eigenvalue weighted by Gasteiger charge is -2.49. The van der Waals surface area contributed by atoms with E-state index in [4.69, 9.17) is 0 Å². The highest BCUT2D eigenvalue weighted by Gasteiger charge is 2.48. The van der Waals surface area contributed by atoms with Crippen LogP contribution in [0.15, 0.2) is 21.0 Å². The normalized spacial score (nSPS) is 41.2. The van der Waals surface area contributed by atoms with Crippen molar-refractivity contribution in [3.05, 3.63) is 21.0 Å². The number of fused-ring (bicyclic) bond motifs is 2. The van der Waals surface area contributed by atoms with Crippen LogP contribution in [0.25, 0.3) is 0 Å². The van der Waals surface area contributed by atoms with Crippen LogP contribution in [-0.2, 0) is 0 Å². The van der Waals surface area contributed by atoms with Gasteiger partial charge in [0, 0.05) is 0 Å². The van der Waals surface area contributed by atoms with Gasteiger partial charge in [-0.05, 0) is 62.5 Å². The van der Waals surface area contributed by atoms with Crippen molar-refractivity contribution in [2.45, 2.75) is 49.7 Å². The maximum atomic E-state index is 2.37. The fourth-order valence-corrected chi connectivity index (χ4v) is 8.45. The number of hydrogen-bond acceptors (Lipinski definition) is 3. The predicted octanol–water partition coefficient (Wildman–Crippen LogP) is 5.23. The molecule has 0 aliphatic carbocycles. The zero-order chi connectivity index (χ0) is 11.4. The van der Waals surface area contributed by atoms with E-state index in [1.54, 1.807) is 11.1 Å². The largest absolute Gasteiger partial charge is 0.117 e. The Kier molecular flexibility index (Phi) is 2.81. The van der Waals surface area contributed by atoms with Crippen LogP contribution >= 0.6 is 35.3 Å². The molecular formula is C12H18S3. The third-order valence-electron chi connectivity index (χ3n) is 3.50. The maximum absolute atomic E-state index is 2.37. The Hall–Kier alpha value is 0.530. The maximum Gasteiger partial charge on any atom is 0.0860 e. The number of hydrogen-bond donors (Lipinski definition) is 0. The number of thioether (sulfide) groups is 3. The summed E-state index contributed by atoms with van der Waals surface area (Å²) in [5.74, 6) is 0. The second-order valence-electron chi connectivity index (χ2n) is 4.56. The first-order valence-electron chi connectivity index (χ1n) is 5.22.